The molecular weight excluding hydrogens is 461 g/mol. The van der Waals surface area contributed by atoms with E-state index in [-0.39, 0.29) is 29.5 Å². The molecule has 0 aromatic heterocycles. The molecule has 1 aromatic carbocycles. The molecule has 1 aromatic rings. The number of anilines is 1. The number of nitrogens with zero attached hydrogens (tertiary/aromatic N) is 2. The molecule has 0 radical (unpaired) electrons. The fourth-order valence-electron chi connectivity index (χ4n) is 5.19. The minimum Gasteiger partial charge on any atom is -0.380 e. The summed E-state index contributed by atoms with van der Waals surface area (Å²) in [5.41, 5.74) is 3.37. The Morgan fingerprint density at radius 2 is 1.89 bits per heavy atom. The van der Waals surface area contributed by atoms with E-state index in [2.05, 4.69) is 27.4 Å². The van der Waals surface area contributed by atoms with Gasteiger partial charge >= 0.3 is 6.18 Å². The van der Waals surface area contributed by atoms with E-state index >= 15 is 0 Å². The number of alkyl halides is 3. The Balaban J connectivity index is 1.53. The Labute approximate surface area is 203 Å². The molecule has 6 atom stereocenters. The van der Waals surface area contributed by atoms with E-state index in [9.17, 15) is 23.2 Å². The number of piperidine rings is 1. The lowest BCUT2D eigenvalue weighted by Crippen LogP contribution is -2.56. The van der Waals surface area contributed by atoms with Gasteiger partial charge in [-0.2, -0.15) is 18.4 Å². The van der Waals surface area contributed by atoms with Gasteiger partial charge in [-0.05, 0) is 51.3 Å². The van der Waals surface area contributed by atoms with Crippen molar-refractivity contribution in [3.63, 3.8) is 0 Å². The normalized spacial score (nSPS) is 30.8. The van der Waals surface area contributed by atoms with Gasteiger partial charge in [0.2, 0.25) is 5.91 Å². The largest absolute Gasteiger partial charge is 0.407 e. The van der Waals surface area contributed by atoms with Gasteiger partial charge in [0.1, 0.15) is 12.2 Å². The van der Waals surface area contributed by atoms with Gasteiger partial charge in [0.15, 0.2) is 0 Å². The van der Waals surface area contributed by atoms with Crippen molar-refractivity contribution in [2.45, 2.75) is 69.6 Å². The number of halogens is 3. The van der Waals surface area contributed by atoms with E-state index in [4.69, 9.17) is 4.74 Å². The predicted octanol–water partition coefficient (Wildman–Crippen LogP) is 2.67. The van der Waals surface area contributed by atoms with Crippen molar-refractivity contribution in [1.82, 2.24) is 21.1 Å². The highest BCUT2D eigenvalue weighted by atomic mass is 19.4. The van der Waals surface area contributed by atoms with Gasteiger partial charge < -0.3 is 15.4 Å². The zero-order valence-electron chi connectivity index (χ0n) is 20.2. The smallest absolute Gasteiger partial charge is 0.380 e. The van der Waals surface area contributed by atoms with Crippen LogP contribution in [0.25, 0.3) is 0 Å². The van der Waals surface area contributed by atoms with Gasteiger partial charge in [0, 0.05) is 30.4 Å². The van der Waals surface area contributed by atoms with Gasteiger partial charge in [-0.3, -0.25) is 10.1 Å². The highest BCUT2D eigenvalue weighted by molar-refractivity contribution is 5.82. The number of ether oxygens (including phenoxy) is 1. The van der Waals surface area contributed by atoms with E-state index in [0.717, 1.165) is 6.42 Å². The summed E-state index contributed by atoms with van der Waals surface area (Å²) in [5.74, 6) is -0.730. The number of hydrogen-bond acceptors (Lipinski definition) is 7. The minimum atomic E-state index is -4.44. The van der Waals surface area contributed by atoms with Crippen LogP contribution in [0.15, 0.2) is 24.3 Å². The molecule has 3 aliphatic rings. The number of nitriles is 1. The van der Waals surface area contributed by atoms with Crippen LogP contribution in [0.5, 0.6) is 0 Å². The number of carbonyl (C=O) groups is 1. The molecule has 11 heteroatoms. The third kappa shape index (κ3) is 5.72. The number of fused-ring (bicyclic) bond motifs is 1. The zero-order valence-corrected chi connectivity index (χ0v) is 20.2. The number of hydrogen-bond donors (Lipinski definition) is 4. The summed E-state index contributed by atoms with van der Waals surface area (Å²) in [6, 6.07) is 6.37. The molecule has 3 heterocycles. The number of nitrogens with one attached hydrogen (secondary N) is 4. The number of rotatable bonds is 5. The molecule has 4 rings (SSSR count). The Morgan fingerprint density at radius 1 is 1.17 bits per heavy atom. The summed E-state index contributed by atoms with van der Waals surface area (Å²) in [7, 11) is 0. The Morgan fingerprint density at radius 3 is 2.51 bits per heavy atom. The fourth-order valence-corrected chi connectivity index (χ4v) is 5.19. The molecule has 3 aliphatic heterocycles. The van der Waals surface area contributed by atoms with Crippen LogP contribution in [-0.4, -0.2) is 60.6 Å². The summed E-state index contributed by atoms with van der Waals surface area (Å²) in [5, 5.41) is 20.5. The lowest BCUT2D eigenvalue weighted by atomic mass is 9.88. The molecule has 8 nitrogen and oxygen atoms in total. The van der Waals surface area contributed by atoms with E-state index in [1.807, 2.05) is 5.01 Å². The molecule has 3 fully saturated rings. The van der Waals surface area contributed by atoms with Gasteiger partial charge in [-0.15, -0.1) is 0 Å². The maximum Gasteiger partial charge on any atom is 0.407 e. The van der Waals surface area contributed by atoms with Crippen LogP contribution < -0.4 is 21.4 Å². The molecule has 192 valence electrons. The van der Waals surface area contributed by atoms with Crippen LogP contribution >= 0.6 is 0 Å². The van der Waals surface area contributed by atoms with Crippen molar-refractivity contribution in [2.75, 3.05) is 25.1 Å². The van der Waals surface area contributed by atoms with Crippen LogP contribution in [0.1, 0.15) is 45.2 Å². The molecule has 0 aliphatic carbocycles. The molecular formula is C24H33F3N6O2. The van der Waals surface area contributed by atoms with E-state index in [1.165, 1.54) is 12.1 Å². The molecule has 0 saturated carbocycles. The zero-order chi connectivity index (χ0) is 25.4. The van der Waals surface area contributed by atoms with Gasteiger partial charge in [-0.25, -0.2) is 10.4 Å². The lowest BCUT2D eigenvalue weighted by Gasteiger charge is -2.39. The Kier molecular flexibility index (Phi) is 7.29. The summed E-state index contributed by atoms with van der Waals surface area (Å²) in [4.78, 5) is 12.8. The average Bonchev–Trinajstić information content (AvgIpc) is 3.16. The number of carbonyl (C=O) groups excluding carboxylic acids is 1. The molecule has 0 spiro atoms. The van der Waals surface area contributed by atoms with Crippen molar-refractivity contribution in [2.24, 2.45) is 11.8 Å². The van der Waals surface area contributed by atoms with Crippen molar-refractivity contribution >= 4 is 11.6 Å². The monoisotopic (exact) mass is 494 g/mol. The van der Waals surface area contributed by atoms with Gasteiger partial charge in [-0.1, -0.05) is 12.1 Å². The second-order valence-electron chi connectivity index (χ2n) is 10.5. The van der Waals surface area contributed by atoms with Gasteiger partial charge in [0.25, 0.3) is 0 Å². The minimum absolute atomic E-state index is 0.0953. The summed E-state index contributed by atoms with van der Waals surface area (Å²) in [6.45, 7) is 6.56. The summed E-state index contributed by atoms with van der Waals surface area (Å²) < 4.78 is 46.7. The molecule has 4 unspecified atom stereocenters. The molecule has 35 heavy (non-hydrogen) atoms. The van der Waals surface area contributed by atoms with Crippen molar-refractivity contribution < 1.29 is 22.7 Å². The summed E-state index contributed by atoms with van der Waals surface area (Å²) >= 11 is 0. The van der Waals surface area contributed by atoms with Crippen molar-refractivity contribution in [3.05, 3.63) is 29.8 Å². The van der Waals surface area contributed by atoms with Crippen LogP contribution in [-0.2, 0) is 9.53 Å². The molecule has 0 bridgehead atoms. The first-order valence-electron chi connectivity index (χ1n) is 12.0. The Hall–Kier alpha value is -2.39. The van der Waals surface area contributed by atoms with Crippen LogP contribution in [0, 0.1) is 23.2 Å². The standard InChI is InChI=1S/C24H33F3N6O2/c1-23(2,3)31-20(24(25,26)27)14-4-6-16(7-5-14)30-21-19-17(8-10-29-22(19)34)33(32-21)18-13-35-11-9-15(18)12-28/h4-7,15,17-21,30-32H,8-11,13H2,1-3H3,(H,29,34)/t15-,17?,18+,19?,20?,21?/m1/s1. The molecule has 3 saturated heterocycles. The quantitative estimate of drug-likeness (QED) is 0.499. The lowest BCUT2D eigenvalue weighted by molar-refractivity contribution is -0.161. The Bertz CT molecular complexity index is 943. The molecule has 1 amide bonds. The van der Waals surface area contributed by atoms with E-state index < -0.39 is 29.8 Å². The maximum absolute atomic E-state index is 13.7. The maximum atomic E-state index is 13.7. The second kappa shape index (κ2) is 9.93. The van der Waals surface area contributed by atoms with E-state index in [1.54, 1.807) is 32.9 Å². The summed E-state index contributed by atoms with van der Waals surface area (Å²) in [6.07, 6.45) is -3.56. The highest BCUT2D eigenvalue weighted by Gasteiger charge is 2.51. The first-order chi connectivity index (χ1) is 16.5. The van der Waals surface area contributed by atoms with Crippen LogP contribution in [0.2, 0.25) is 0 Å². The number of amides is 1. The fraction of sp³-hybridized carbons (Fsp3) is 0.667. The average molecular weight is 495 g/mol. The van der Waals surface area contributed by atoms with E-state index in [0.29, 0.717) is 31.9 Å². The third-order valence-corrected chi connectivity index (χ3v) is 6.78. The van der Waals surface area contributed by atoms with Gasteiger partial charge in [0.05, 0.1) is 30.6 Å². The van der Waals surface area contributed by atoms with Crippen LogP contribution in [0.3, 0.4) is 0 Å². The third-order valence-electron chi connectivity index (χ3n) is 6.78. The SMILES string of the molecule is CC(C)(C)NC(c1ccc(NC2NN([C@H]3COCC[C@@H]3C#N)C3CCNC(=O)C23)cc1)C(F)(F)F. The number of benzene rings is 1. The first-order valence-corrected chi connectivity index (χ1v) is 12.0. The first kappa shape index (κ1) is 25.7. The highest BCUT2D eigenvalue weighted by Crippen LogP contribution is 2.36. The number of hydrazine groups is 1. The molecule has 4 N–H and O–H groups in total. The predicted molar refractivity (Wildman–Crippen MR) is 124 cm³/mol. The van der Waals surface area contributed by atoms with Crippen molar-refractivity contribution in [1.29, 1.82) is 5.26 Å². The van der Waals surface area contributed by atoms with Crippen molar-refractivity contribution in [3.8, 4) is 6.07 Å². The second-order valence-corrected chi connectivity index (χ2v) is 10.5. The topological polar surface area (TPSA) is 101 Å². The van der Waals surface area contributed by atoms with Crippen LogP contribution in [0.4, 0.5) is 18.9 Å².